The van der Waals surface area contributed by atoms with Crippen molar-refractivity contribution in [3.05, 3.63) is 59.7 Å². The molecule has 130 valence electrons. The molecule has 0 atom stereocenters. The van der Waals surface area contributed by atoms with E-state index in [0.29, 0.717) is 0 Å². The predicted octanol–water partition coefficient (Wildman–Crippen LogP) is 4.85. The van der Waals surface area contributed by atoms with Gasteiger partial charge in [-0.15, -0.1) is 0 Å². The SMILES string of the molecule is CCCCc1ccc(NS(=O)(=O)c2ccccc2C(F)(F)F)cc1. The molecule has 2 aromatic rings. The fourth-order valence-electron chi connectivity index (χ4n) is 2.27. The molecule has 24 heavy (non-hydrogen) atoms. The number of anilines is 1. The highest BCUT2D eigenvalue weighted by atomic mass is 32.2. The topological polar surface area (TPSA) is 46.2 Å². The molecule has 0 aliphatic heterocycles. The Bertz CT molecular complexity index is 784. The van der Waals surface area contributed by atoms with Crippen molar-refractivity contribution >= 4 is 15.7 Å². The number of alkyl halides is 3. The third-order valence-electron chi connectivity index (χ3n) is 3.51. The van der Waals surface area contributed by atoms with E-state index in [2.05, 4.69) is 11.6 Å². The molecule has 2 rings (SSSR count). The third-order valence-corrected chi connectivity index (χ3v) is 4.95. The minimum absolute atomic E-state index is 0.229. The van der Waals surface area contributed by atoms with E-state index in [1.165, 1.54) is 6.07 Å². The van der Waals surface area contributed by atoms with Crippen LogP contribution >= 0.6 is 0 Å². The Hall–Kier alpha value is -2.02. The van der Waals surface area contributed by atoms with Crippen LogP contribution in [-0.4, -0.2) is 8.42 Å². The van der Waals surface area contributed by atoms with Crippen molar-refractivity contribution in [3.63, 3.8) is 0 Å². The van der Waals surface area contributed by atoms with E-state index >= 15 is 0 Å². The van der Waals surface area contributed by atoms with E-state index in [4.69, 9.17) is 0 Å². The van der Waals surface area contributed by atoms with Gasteiger partial charge >= 0.3 is 6.18 Å². The monoisotopic (exact) mass is 357 g/mol. The molecule has 1 N–H and O–H groups in total. The molecule has 0 aliphatic rings. The number of rotatable bonds is 6. The minimum atomic E-state index is -4.74. The number of hydrogen-bond acceptors (Lipinski definition) is 2. The molecule has 0 fully saturated rings. The summed E-state index contributed by atoms with van der Waals surface area (Å²) in [5.74, 6) is 0. The molecule has 0 saturated carbocycles. The van der Waals surface area contributed by atoms with Gasteiger partial charge in [0.15, 0.2) is 0 Å². The van der Waals surface area contributed by atoms with E-state index in [0.717, 1.165) is 43.0 Å². The highest BCUT2D eigenvalue weighted by molar-refractivity contribution is 7.92. The van der Waals surface area contributed by atoms with Gasteiger partial charge in [0, 0.05) is 5.69 Å². The van der Waals surface area contributed by atoms with Crippen molar-refractivity contribution in [2.75, 3.05) is 4.72 Å². The van der Waals surface area contributed by atoms with Gasteiger partial charge in [0.25, 0.3) is 10.0 Å². The fourth-order valence-corrected chi connectivity index (χ4v) is 3.55. The van der Waals surface area contributed by atoms with E-state index < -0.39 is 26.7 Å². The van der Waals surface area contributed by atoms with Crippen molar-refractivity contribution in [1.82, 2.24) is 0 Å². The molecule has 0 amide bonds. The van der Waals surface area contributed by atoms with Gasteiger partial charge in [-0.1, -0.05) is 37.6 Å². The summed E-state index contributed by atoms with van der Waals surface area (Å²) in [4.78, 5) is -0.785. The highest BCUT2D eigenvalue weighted by Crippen LogP contribution is 2.34. The molecule has 2 aromatic carbocycles. The summed E-state index contributed by atoms with van der Waals surface area (Å²) in [5.41, 5.74) is 0.0970. The van der Waals surface area contributed by atoms with Gasteiger partial charge < -0.3 is 0 Å². The minimum Gasteiger partial charge on any atom is -0.280 e. The Labute approximate surface area is 139 Å². The first-order chi connectivity index (χ1) is 11.2. The van der Waals surface area contributed by atoms with Gasteiger partial charge in [-0.05, 0) is 42.7 Å². The van der Waals surface area contributed by atoms with Crippen molar-refractivity contribution < 1.29 is 21.6 Å². The number of aryl methyl sites for hydroxylation is 1. The van der Waals surface area contributed by atoms with Gasteiger partial charge in [0.2, 0.25) is 0 Å². The average molecular weight is 357 g/mol. The standard InChI is InChI=1S/C17H18F3NO2S/c1-2-3-6-13-9-11-14(12-10-13)21-24(22,23)16-8-5-4-7-15(16)17(18,19)20/h4-5,7-12,21H,2-3,6H2,1H3. The first-order valence-corrected chi connectivity index (χ1v) is 9.00. The van der Waals surface area contributed by atoms with Crippen LogP contribution in [0.5, 0.6) is 0 Å². The number of hydrogen-bond donors (Lipinski definition) is 1. The molecule has 0 radical (unpaired) electrons. The molecule has 0 spiro atoms. The number of halogens is 3. The first kappa shape index (κ1) is 18.3. The molecular formula is C17H18F3NO2S. The van der Waals surface area contributed by atoms with Gasteiger partial charge in [0.1, 0.15) is 0 Å². The van der Waals surface area contributed by atoms with Gasteiger partial charge in [-0.25, -0.2) is 8.42 Å². The lowest BCUT2D eigenvalue weighted by molar-refractivity contribution is -0.139. The maximum Gasteiger partial charge on any atom is 0.417 e. The van der Waals surface area contributed by atoms with Gasteiger partial charge in [-0.2, -0.15) is 13.2 Å². The summed E-state index contributed by atoms with van der Waals surface area (Å²) in [6.07, 6.45) is -1.80. The largest absolute Gasteiger partial charge is 0.417 e. The number of sulfonamides is 1. The lowest BCUT2D eigenvalue weighted by Crippen LogP contribution is -2.18. The van der Waals surface area contributed by atoms with E-state index in [1.54, 1.807) is 24.3 Å². The van der Waals surface area contributed by atoms with E-state index in [9.17, 15) is 21.6 Å². The van der Waals surface area contributed by atoms with Crippen LogP contribution in [-0.2, 0) is 22.6 Å². The summed E-state index contributed by atoms with van der Waals surface area (Å²) in [7, 11) is -4.33. The van der Waals surface area contributed by atoms with Crippen molar-refractivity contribution in [3.8, 4) is 0 Å². The maximum absolute atomic E-state index is 13.0. The average Bonchev–Trinajstić information content (AvgIpc) is 2.53. The van der Waals surface area contributed by atoms with Crippen LogP contribution in [0.4, 0.5) is 18.9 Å². The Morgan fingerprint density at radius 3 is 2.21 bits per heavy atom. The highest BCUT2D eigenvalue weighted by Gasteiger charge is 2.36. The van der Waals surface area contributed by atoms with Crippen LogP contribution in [0.3, 0.4) is 0 Å². The first-order valence-electron chi connectivity index (χ1n) is 7.52. The molecule has 0 aromatic heterocycles. The lowest BCUT2D eigenvalue weighted by atomic mass is 10.1. The van der Waals surface area contributed by atoms with Crippen LogP contribution in [0, 0.1) is 0 Å². The molecule has 0 bridgehead atoms. The number of nitrogens with one attached hydrogen (secondary N) is 1. The summed E-state index contributed by atoms with van der Waals surface area (Å²) < 4.78 is 65.8. The van der Waals surface area contributed by atoms with Crippen molar-refractivity contribution in [1.29, 1.82) is 0 Å². The zero-order chi connectivity index (χ0) is 17.8. The Morgan fingerprint density at radius 1 is 1.00 bits per heavy atom. The number of benzene rings is 2. The molecule has 7 heteroatoms. The van der Waals surface area contributed by atoms with Crippen LogP contribution in [0.25, 0.3) is 0 Å². The van der Waals surface area contributed by atoms with Crippen LogP contribution in [0.15, 0.2) is 53.4 Å². The molecule has 0 unspecified atom stereocenters. The molecule has 3 nitrogen and oxygen atoms in total. The Kier molecular flexibility index (Phi) is 5.54. The number of unbranched alkanes of at least 4 members (excludes halogenated alkanes) is 1. The van der Waals surface area contributed by atoms with Crippen molar-refractivity contribution in [2.24, 2.45) is 0 Å². The quantitative estimate of drug-likeness (QED) is 0.803. The van der Waals surface area contributed by atoms with E-state index in [-0.39, 0.29) is 5.69 Å². The second-order valence-corrected chi connectivity index (χ2v) is 7.05. The predicted molar refractivity (Wildman–Crippen MR) is 87.3 cm³/mol. The zero-order valence-corrected chi connectivity index (χ0v) is 13.9. The molecular weight excluding hydrogens is 339 g/mol. The molecule has 0 saturated heterocycles. The smallest absolute Gasteiger partial charge is 0.280 e. The zero-order valence-electron chi connectivity index (χ0n) is 13.1. The summed E-state index contributed by atoms with van der Waals surface area (Å²) >= 11 is 0. The molecule has 0 heterocycles. The second-order valence-electron chi connectivity index (χ2n) is 5.40. The Morgan fingerprint density at radius 2 is 1.62 bits per heavy atom. The lowest BCUT2D eigenvalue weighted by Gasteiger charge is -2.14. The van der Waals surface area contributed by atoms with Crippen LogP contribution in [0.2, 0.25) is 0 Å². The fraction of sp³-hybridized carbons (Fsp3) is 0.294. The van der Waals surface area contributed by atoms with Crippen molar-refractivity contribution in [2.45, 2.75) is 37.3 Å². The third kappa shape index (κ3) is 4.50. The Balaban J connectivity index is 2.26. The normalized spacial score (nSPS) is 12.2. The summed E-state index contributed by atoms with van der Waals surface area (Å²) in [5, 5.41) is 0. The summed E-state index contributed by atoms with van der Waals surface area (Å²) in [6.45, 7) is 2.07. The van der Waals surface area contributed by atoms with Gasteiger partial charge in [-0.3, -0.25) is 4.72 Å². The second kappa shape index (κ2) is 7.25. The van der Waals surface area contributed by atoms with Gasteiger partial charge in [0.05, 0.1) is 10.5 Å². The maximum atomic E-state index is 13.0. The van der Waals surface area contributed by atoms with E-state index in [1.807, 2.05) is 0 Å². The van der Waals surface area contributed by atoms with Crippen LogP contribution < -0.4 is 4.72 Å². The van der Waals surface area contributed by atoms with Crippen LogP contribution in [0.1, 0.15) is 30.9 Å². The molecule has 0 aliphatic carbocycles. The summed E-state index contributed by atoms with van der Waals surface area (Å²) in [6, 6.07) is 10.8.